The van der Waals surface area contributed by atoms with Crippen molar-refractivity contribution >= 4 is 29.1 Å². The highest BCUT2D eigenvalue weighted by molar-refractivity contribution is 6.31. The summed E-state index contributed by atoms with van der Waals surface area (Å²) in [5.74, 6) is -0.934. The first-order chi connectivity index (χ1) is 12.5. The van der Waals surface area contributed by atoms with Crippen molar-refractivity contribution in [3.63, 3.8) is 0 Å². The average molecular weight is 378 g/mol. The van der Waals surface area contributed by atoms with Gasteiger partial charge in [0.1, 0.15) is 5.82 Å². The number of carbonyl (C=O) groups excluding carboxylic acids is 2. The van der Waals surface area contributed by atoms with E-state index in [2.05, 4.69) is 16.0 Å². The van der Waals surface area contributed by atoms with Crippen molar-refractivity contribution in [2.24, 2.45) is 0 Å². The molecule has 2 rings (SSSR count). The molecule has 0 spiro atoms. The molecular formula is C19H21ClFN3O2. The smallest absolute Gasteiger partial charge is 0.253 e. The number of amides is 2. The molecule has 2 amide bonds. The molecule has 26 heavy (non-hydrogen) atoms. The fraction of sp³-hybridized carbons (Fsp3) is 0.263. The zero-order valence-electron chi connectivity index (χ0n) is 14.4. The number of carbonyl (C=O) groups is 2. The van der Waals surface area contributed by atoms with Crippen LogP contribution in [-0.4, -0.2) is 24.9 Å². The monoisotopic (exact) mass is 377 g/mol. The van der Waals surface area contributed by atoms with E-state index >= 15 is 0 Å². The Morgan fingerprint density at radius 2 is 1.88 bits per heavy atom. The maximum absolute atomic E-state index is 13.6. The molecule has 0 bridgehead atoms. The third-order valence-corrected chi connectivity index (χ3v) is 3.87. The number of hydrogen-bond acceptors (Lipinski definition) is 3. The lowest BCUT2D eigenvalue weighted by molar-refractivity contribution is -0.119. The van der Waals surface area contributed by atoms with Crippen molar-refractivity contribution < 1.29 is 14.0 Å². The van der Waals surface area contributed by atoms with Crippen molar-refractivity contribution in [2.75, 3.05) is 18.4 Å². The third kappa shape index (κ3) is 5.74. The summed E-state index contributed by atoms with van der Waals surface area (Å²) >= 11 is 5.99. The first kappa shape index (κ1) is 19.7. The van der Waals surface area contributed by atoms with Crippen LogP contribution in [0, 0.1) is 5.82 Å². The summed E-state index contributed by atoms with van der Waals surface area (Å²) in [4.78, 5) is 24.2. The van der Waals surface area contributed by atoms with E-state index in [1.54, 1.807) is 36.4 Å². The summed E-state index contributed by atoms with van der Waals surface area (Å²) in [5, 5.41) is 8.78. The Labute approximate surface area is 156 Å². The summed E-state index contributed by atoms with van der Waals surface area (Å²) in [6, 6.07) is 11.1. The van der Waals surface area contributed by atoms with Crippen LogP contribution >= 0.6 is 11.6 Å². The summed E-state index contributed by atoms with van der Waals surface area (Å²) < 4.78 is 13.6. The third-order valence-electron chi connectivity index (χ3n) is 3.64. The normalized spacial score (nSPS) is 10.3. The van der Waals surface area contributed by atoms with E-state index in [1.165, 1.54) is 6.07 Å². The SMILES string of the molecule is CCCNC(=O)c1ccc(Cl)cc1NCC(=O)NCc1ccccc1F. The minimum atomic E-state index is -0.370. The van der Waals surface area contributed by atoms with Crippen molar-refractivity contribution in [2.45, 2.75) is 19.9 Å². The standard InChI is InChI=1S/C19H21ClFN3O2/c1-2-9-22-19(26)15-8-7-14(20)10-17(15)23-12-18(25)24-11-13-5-3-4-6-16(13)21/h3-8,10,23H,2,9,11-12H2,1H3,(H,22,26)(H,24,25). The number of benzene rings is 2. The zero-order chi connectivity index (χ0) is 18.9. The first-order valence-electron chi connectivity index (χ1n) is 8.33. The van der Waals surface area contributed by atoms with Crippen LogP contribution in [0.25, 0.3) is 0 Å². The van der Waals surface area contributed by atoms with E-state index < -0.39 is 0 Å². The highest BCUT2D eigenvalue weighted by Crippen LogP contribution is 2.21. The lowest BCUT2D eigenvalue weighted by atomic mass is 10.1. The summed E-state index contributed by atoms with van der Waals surface area (Å²) in [6.07, 6.45) is 0.820. The van der Waals surface area contributed by atoms with Gasteiger partial charge in [0.05, 0.1) is 12.1 Å². The summed E-state index contributed by atoms with van der Waals surface area (Å²) in [6.45, 7) is 2.54. The second-order valence-corrected chi connectivity index (χ2v) is 6.10. The maximum Gasteiger partial charge on any atom is 0.253 e. The van der Waals surface area contributed by atoms with Crippen LogP contribution in [-0.2, 0) is 11.3 Å². The molecule has 2 aromatic carbocycles. The number of nitrogens with one attached hydrogen (secondary N) is 3. The van der Waals surface area contributed by atoms with Gasteiger partial charge in [-0.2, -0.15) is 0 Å². The Kier molecular flexibility index (Phi) is 7.41. The lowest BCUT2D eigenvalue weighted by Crippen LogP contribution is -2.31. The van der Waals surface area contributed by atoms with E-state index in [4.69, 9.17) is 11.6 Å². The Morgan fingerprint density at radius 1 is 1.12 bits per heavy atom. The van der Waals surface area contributed by atoms with Crippen LogP contribution in [0.15, 0.2) is 42.5 Å². The first-order valence-corrected chi connectivity index (χ1v) is 8.70. The molecule has 0 saturated carbocycles. The molecule has 2 aromatic rings. The van der Waals surface area contributed by atoms with Gasteiger partial charge in [-0.25, -0.2) is 4.39 Å². The van der Waals surface area contributed by atoms with Gasteiger partial charge in [-0.1, -0.05) is 36.7 Å². The molecular weight excluding hydrogens is 357 g/mol. The van der Waals surface area contributed by atoms with Crippen LogP contribution < -0.4 is 16.0 Å². The molecule has 0 aliphatic heterocycles. The number of hydrogen-bond donors (Lipinski definition) is 3. The molecule has 0 heterocycles. The van der Waals surface area contributed by atoms with Crippen LogP contribution in [0.3, 0.4) is 0 Å². The number of halogens is 2. The largest absolute Gasteiger partial charge is 0.375 e. The zero-order valence-corrected chi connectivity index (χ0v) is 15.2. The molecule has 3 N–H and O–H groups in total. The quantitative estimate of drug-likeness (QED) is 0.660. The van der Waals surface area contributed by atoms with Gasteiger partial charge < -0.3 is 16.0 Å². The number of rotatable bonds is 8. The second kappa shape index (κ2) is 9.77. The van der Waals surface area contributed by atoms with Crippen LogP contribution in [0.1, 0.15) is 29.3 Å². The van der Waals surface area contributed by atoms with Crippen molar-refractivity contribution in [1.82, 2.24) is 10.6 Å². The van der Waals surface area contributed by atoms with Crippen molar-refractivity contribution in [1.29, 1.82) is 0 Å². The van der Waals surface area contributed by atoms with Crippen LogP contribution in [0.5, 0.6) is 0 Å². The molecule has 0 saturated heterocycles. The van der Waals surface area contributed by atoms with Gasteiger partial charge in [-0.15, -0.1) is 0 Å². The van der Waals surface area contributed by atoms with E-state index in [0.29, 0.717) is 28.4 Å². The highest BCUT2D eigenvalue weighted by atomic mass is 35.5. The molecule has 0 fully saturated rings. The molecule has 0 atom stereocenters. The van der Waals surface area contributed by atoms with Gasteiger partial charge in [0, 0.05) is 29.4 Å². The number of anilines is 1. The Bertz CT molecular complexity index is 783. The molecule has 7 heteroatoms. The minimum absolute atomic E-state index is 0.0666. The molecule has 0 aliphatic rings. The van der Waals surface area contributed by atoms with Crippen molar-refractivity contribution in [3.8, 4) is 0 Å². The molecule has 0 unspecified atom stereocenters. The predicted molar refractivity (Wildman–Crippen MR) is 101 cm³/mol. The van der Waals surface area contributed by atoms with Gasteiger partial charge in [0.15, 0.2) is 0 Å². The van der Waals surface area contributed by atoms with Gasteiger partial charge in [-0.05, 0) is 30.7 Å². The Hall–Kier alpha value is -2.60. The molecule has 0 aliphatic carbocycles. The topological polar surface area (TPSA) is 70.2 Å². The molecule has 138 valence electrons. The van der Waals surface area contributed by atoms with Crippen LogP contribution in [0.4, 0.5) is 10.1 Å². The fourth-order valence-corrected chi connectivity index (χ4v) is 2.44. The average Bonchev–Trinajstić information content (AvgIpc) is 2.63. The Balaban J connectivity index is 1.95. The van der Waals surface area contributed by atoms with Gasteiger partial charge in [0.25, 0.3) is 5.91 Å². The minimum Gasteiger partial charge on any atom is -0.375 e. The Morgan fingerprint density at radius 3 is 2.62 bits per heavy atom. The van der Waals surface area contributed by atoms with E-state index in [1.807, 2.05) is 6.92 Å². The maximum atomic E-state index is 13.6. The molecule has 5 nitrogen and oxygen atoms in total. The van der Waals surface area contributed by atoms with Crippen LogP contribution in [0.2, 0.25) is 5.02 Å². The van der Waals surface area contributed by atoms with Crippen molar-refractivity contribution in [3.05, 3.63) is 64.4 Å². The van der Waals surface area contributed by atoms with Gasteiger partial charge in [-0.3, -0.25) is 9.59 Å². The van der Waals surface area contributed by atoms with E-state index in [9.17, 15) is 14.0 Å². The van der Waals surface area contributed by atoms with Gasteiger partial charge >= 0.3 is 0 Å². The highest BCUT2D eigenvalue weighted by Gasteiger charge is 2.12. The summed E-state index contributed by atoms with van der Waals surface area (Å²) in [5.41, 5.74) is 1.28. The van der Waals surface area contributed by atoms with E-state index in [0.717, 1.165) is 6.42 Å². The molecule has 0 radical (unpaired) electrons. The summed E-state index contributed by atoms with van der Waals surface area (Å²) in [7, 11) is 0. The molecule has 0 aromatic heterocycles. The van der Waals surface area contributed by atoms with E-state index in [-0.39, 0.29) is 30.7 Å². The predicted octanol–water partition coefficient (Wildman–Crippen LogP) is 3.35. The second-order valence-electron chi connectivity index (χ2n) is 5.67. The van der Waals surface area contributed by atoms with Gasteiger partial charge in [0.2, 0.25) is 5.91 Å². The fourth-order valence-electron chi connectivity index (χ4n) is 2.27. The lowest BCUT2D eigenvalue weighted by Gasteiger charge is -2.13.